The molecule has 1 fully saturated rings. The van der Waals surface area contributed by atoms with Crippen LogP contribution in [0.4, 0.5) is 13.2 Å². The minimum atomic E-state index is -0.672. The van der Waals surface area contributed by atoms with Gasteiger partial charge >= 0.3 is 0 Å². The van der Waals surface area contributed by atoms with E-state index in [1.54, 1.807) is 18.2 Å². The minimum absolute atomic E-state index is 0.0261. The van der Waals surface area contributed by atoms with Crippen LogP contribution in [0.5, 0.6) is 0 Å². The van der Waals surface area contributed by atoms with Crippen LogP contribution in [-0.2, 0) is 0 Å². The SMILES string of the molecule is Fc1ccc(F)c(-c2noc(-c3nnn(-c4ccccc4F)c3C3CCCC3)n2)c1. The Morgan fingerprint density at radius 1 is 0.967 bits per heavy atom. The first-order valence-electron chi connectivity index (χ1n) is 9.62. The maximum atomic E-state index is 14.4. The molecular formula is C21H16F3N5O. The van der Waals surface area contributed by atoms with E-state index in [1.165, 1.54) is 10.7 Å². The molecule has 0 saturated heterocycles. The lowest BCUT2D eigenvalue weighted by molar-refractivity contribution is 0.429. The summed E-state index contributed by atoms with van der Waals surface area (Å²) in [6, 6.07) is 9.30. The number of nitrogens with zero attached hydrogens (tertiary/aromatic N) is 5. The molecule has 30 heavy (non-hydrogen) atoms. The molecule has 5 rings (SSSR count). The van der Waals surface area contributed by atoms with Crippen molar-refractivity contribution in [2.45, 2.75) is 31.6 Å². The first-order chi connectivity index (χ1) is 14.6. The van der Waals surface area contributed by atoms with E-state index in [2.05, 4.69) is 20.5 Å². The zero-order chi connectivity index (χ0) is 20.7. The van der Waals surface area contributed by atoms with E-state index in [0.29, 0.717) is 11.4 Å². The smallest absolute Gasteiger partial charge is 0.280 e. The van der Waals surface area contributed by atoms with Gasteiger partial charge in [-0.05, 0) is 43.2 Å². The topological polar surface area (TPSA) is 69.6 Å². The van der Waals surface area contributed by atoms with E-state index in [9.17, 15) is 13.2 Å². The van der Waals surface area contributed by atoms with Crippen molar-refractivity contribution < 1.29 is 17.7 Å². The van der Waals surface area contributed by atoms with Crippen LogP contribution in [0.25, 0.3) is 28.7 Å². The first-order valence-corrected chi connectivity index (χ1v) is 9.62. The molecule has 2 heterocycles. The van der Waals surface area contributed by atoms with Crippen LogP contribution in [0.1, 0.15) is 37.3 Å². The van der Waals surface area contributed by atoms with Gasteiger partial charge in [-0.1, -0.05) is 35.3 Å². The van der Waals surface area contributed by atoms with E-state index in [0.717, 1.165) is 43.9 Å². The highest BCUT2D eigenvalue weighted by Gasteiger charge is 2.30. The van der Waals surface area contributed by atoms with Crippen LogP contribution < -0.4 is 0 Å². The summed E-state index contributed by atoms with van der Waals surface area (Å²) in [4.78, 5) is 4.22. The average molecular weight is 411 g/mol. The Bertz CT molecular complexity index is 1210. The van der Waals surface area contributed by atoms with Gasteiger partial charge in [0.15, 0.2) is 5.69 Å². The lowest BCUT2D eigenvalue weighted by Gasteiger charge is -2.13. The molecule has 0 spiro atoms. The molecule has 1 aliphatic rings. The number of halogens is 3. The van der Waals surface area contributed by atoms with E-state index < -0.39 is 17.5 Å². The second-order valence-electron chi connectivity index (χ2n) is 7.22. The summed E-state index contributed by atoms with van der Waals surface area (Å²) < 4.78 is 48.9. The Morgan fingerprint density at radius 2 is 1.77 bits per heavy atom. The Morgan fingerprint density at radius 3 is 2.57 bits per heavy atom. The number of aromatic nitrogens is 5. The summed E-state index contributed by atoms with van der Waals surface area (Å²) in [5.74, 6) is -1.69. The molecule has 0 bridgehead atoms. The molecule has 0 unspecified atom stereocenters. The monoisotopic (exact) mass is 411 g/mol. The van der Waals surface area contributed by atoms with Crippen LogP contribution >= 0.6 is 0 Å². The van der Waals surface area contributed by atoms with Crippen molar-refractivity contribution in [2.24, 2.45) is 0 Å². The quantitative estimate of drug-likeness (QED) is 0.470. The fourth-order valence-electron chi connectivity index (χ4n) is 3.91. The fraction of sp³-hybridized carbons (Fsp3) is 0.238. The summed E-state index contributed by atoms with van der Waals surface area (Å²) in [6.07, 6.45) is 3.87. The third kappa shape index (κ3) is 3.16. The predicted molar refractivity (Wildman–Crippen MR) is 101 cm³/mol. The first kappa shape index (κ1) is 18.5. The van der Waals surface area contributed by atoms with Gasteiger partial charge in [0.2, 0.25) is 5.82 Å². The number of benzene rings is 2. The molecule has 0 aliphatic heterocycles. The van der Waals surface area contributed by atoms with Crippen LogP contribution in [0, 0.1) is 17.5 Å². The fourth-order valence-corrected chi connectivity index (χ4v) is 3.91. The van der Waals surface area contributed by atoms with E-state index >= 15 is 0 Å². The van der Waals surface area contributed by atoms with Crippen LogP contribution in [0.2, 0.25) is 0 Å². The molecule has 2 aromatic heterocycles. The maximum Gasteiger partial charge on any atom is 0.280 e. The summed E-state index contributed by atoms with van der Waals surface area (Å²) in [5.41, 5.74) is 1.15. The van der Waals surface area contributed by atoms with Crippen molar-refractivity contribution in [3.8, 4) is 28.7 Å². The van der Waals surface area contributed by atoms with Crippen LogP contribution in [-0.4, -0.2) is 25.1 Å². The Kier molecular flexibility index (Phi) is 4.57. The van der Waals surface area contributed by atoms with Crippen molar-refractivity contribution in [1.82, 2.24) is 25.1 Å². The van der Waals surface area contributed by atoms with Crippen LogP contribution in [0.3, 0.4) is 0 Å². The van der Waals surface area contributed by atoms with Gasteiger partial charge in [0.1, 0.15) is 23.1 Å². The molecule has 6 nitrogen and oxygen atoms in total. The molecule has 0 amide bonds. The molecule has 0 N–H and O–H groups in total. The van der Waals surface area contributed by atoms with Crippen molar-refractivity contribution in [3.05, 3.63) is 65.6 Å². The second-order valence-corrected chi connectivity index (χ2v) is 7.22. The zero-order valence-electron chi connectivity index (χ0n) is 15.7. The lowest BCUT2D eigenvalue weighted by Crippen LogP contribution is -2.08. The van der Waals surface area contributed by atoms with Gasteiger partial charge in [-0.25, -0.2) is 17.9 Å². The number of para-hydroxylation sites is 1. The summed E-state index contributed by atoms with van der Waals surface area (Å²) in [6.45, 7) is 0. The molecule has 4 aromatic rings. The van der Waals surface area contributed by atoms with Gasteiger partial charge in [0.25, 0.3) is 5.89 Å². The highest BCUT2D eigenvalue weighted by molar-refractivity contribution is 5.60. The average Bonchev–Trinajstić information content (AvgIpc) is 3.49. The number of hydrogen-bond acceptors (Lipinski definition) is 5. The number of rotatable bonds is 4. The van der Waals surface area contributed by atoms with Crippen molar-refractivity contribution in [1.29, 1.82) is 0 Å². The third-order valence-corrected chi connectivity index (χ3v) is 5.33. The summed E-state index contributed by atoms with van der Waals surface area (Å²) >= 11 is 0. The van der Waals surface area contributed by atoms with Gasteiger partial charge < -0.3 is 4.52 Å². The predicted octanol–water partition coefficient (Wildman–Crippen LogP) is 5.06. The highest BCUT2D eigenvalue weighted by atomic mass is 19.1. The molecule has 9 heteroatoms. The molecule has 152 valence electrons. The standard InChI is InChI=1S/C21H16F3N5O/c22-13-9-10-15(23)14(11-13)20-25-21(30-27-20)18-19(12-5-1-2-6-12)29(28-26-18)17-8-4-3-7-16(17)24/h3-4,7-12H,1-2,5-6H2. The molecule has 0 atom stereocenters. The van der Waals surface area contributed by atoms with E-state index in [1.807, 2.05) is 0 Å². The normalized spacial score (nSPS) is 14.5. The van der Waals surface area contributed by atoms with Crippen LogP contribution in [0.15, 0.2) is 47.0 Å². The largest absolute Gasteiger partial charge is 0.332 e. The van der Waals surface area contributed by atoms with Gasteiger partial charge in [0, 0.05) is 5.92 Å². The number of hydrogen-bond donors (Lipinski definition) is 0. The minimum Gasteiger partial charge on any atom is -0.332 e. The summed E-state index contributed by atoms with van der Waals surface area (Å²) in [7, 11) is 0. The Labute approximate surface area is 169 Å². The molecule has 0 radical (unpaired) electrons. The Balaban J connectivity index is 1.63. The van der Waals surface area contributed by atoms with Crippen molar-refractivity contribution in [2.75, 3.05) is 0 Å². The summed E-state index contributed by atoms with van der Waals surface area (Å²) in [5, 5.41) is 12.1. The van der Waals surface area contributed by atoms with Crippen molar-refractivity contribution >= 4 is 0 Å². The molecule has 1 aliphatic carbocycles. The zero-order valence-corrected chi connectivity index (χ0v) is 15.7. The van der Waals surface area contributed by atoms with Gasteiger partial charge in [-0.15, -0.1) is 5.10 Å². The molecule has 1 saturated carbocycles. The van der Waals surface area contributed by atoms with E-state index in [-0.39, 0.29) is 28.9 Å². The Hall–Kier alpha value is -3.49. The second kappa shape index (κ2) is 7.40. The molecular weight excluding hydrogens is 395 g/mol. The van der Waals surface area contributed by atoms with Gasteiger partial charge in [-0.3, -0.25) is 0 Å². The third-order valence-electron chi connectivity index (χ3n) is 5.33. The van der Waals surface area contributed by atoms with E-state index in [4.69, 9.17) is 4.52 Å². The molecule has 2 aromatic carbocycles. The highest BCUT2D eigenvalue weighted by Crippen LogP contribution is 2.39. The van der Waals surface area contributed by atoms with Gasteiger partial charge in [0.05, 0.1) is 11.3 Å². The van der Waals surface area contributed by atoms with Gasteiger partial charge in [-0.2, -0.15) is 4.98 Å². The lowest BCUT2D eigenvalue weighted by atomic mass is 10.0. The maximum absolute atomic E-state index is 14.4. The van der Waals surface area contributed by atoms with Crippen molar-refractivity contribution in [3.63, 3.8) is 0 Å².